The highest BCUT2D eigenvalue weighted by molar-refractivity contribution is 6.11. The number of unbranched alkanes of at least 4 members (excludes halogenated alkanes) is 3. The van der Waals surface area contributed by atoms with Gasteiger partial charge in [0.15, 0.2) is 5.82 Å². The number of carbonyl (C=O) groups is 4. The van der Waals surface area contributed by atoms with E-state index >= 15 is 0 Å². The van der Waals surface area contributed by atoms with Crippen LogP contribution in [0.3, 0.4) is 0 Å². The zero-order chi connectivity index (χ0) is 43.9. The number of aromatic nitrogens is 6. The van der Waals surface area contributed by atoms with Gasteiger partial charge in [0.2, 0.25) is 23.6 Å². The SMILES string of the molecule is CC(=O)N1CCc2c(c(N3CCCc4cc(-c5cnn(C)c5)c(C(F)F)cc43)nn2C2CCN(C(=O)CCCCCCn3c(=O)n(N4C(=O)CCCC4=O)c4ccccc43)CC2)C1. The van der Waals surface area contributed by atoms with Crippen LogP contribution >= 0.6 is 0 Å². The highest BCUT2D eigenvalue weighted by atomic mass is 19.3. The van der Waals surface area contributed by atoms with Crippen LogP contribution < -0.4 is 15.6 Å². The van der Waals surface area contributed by atoms with E-state index in [-0.39, 0.29) is 48.1 Å². The molecule has 0 spiro atoms. The summed E-state index contributed by atoms with van der Waals surface area (Å²) in [6.07, 6.45) is 8.79. The summed E-state index contributed by atoms with van der Waals surface area (Å²) >= 11 is 0. The normalized spacial score (nSPS) is 17.3. The van der Waals surface area contributed by atoms with Crippen LogP contribution in [0.1, 0.15) is 112 Å². The summed E-state index contributed by atoms with van der Waals surface area (Å²) in [7, 11) is 1.77. The minimum absolute atomic E-state index is 0.0177. The number of aryl methyl sites for hydroxylation is 3. The van der Waals surface area contributed by atoms with Gasteiger partial charge in [-0.05, 0) is 80.3 Å². The van der Waals surface area contributed by atoms with Gasteiger partial charge in [0.25, 0.3) is 6.43 Å². The molecule has 7 heterocycles. The highest BCUT2D eigenvalue weighted by Crippen LogP contribution is 2.44. The monoisotopic (exact) mass is 864 g/mol. The molecule has 17 heteroatoms. The molecule has 63 heavy (non-hydrogen) atoms. The topological polar surface area (TPSA) is 144 Å². The number of hydrogen-bond donors (Lipinski definition) is 0. The minimum atomic E-state index is -2.69. The van der Waals surface area contributed by atoms with E-state index < -0.39 is 12.1 Å². The Morgan fingerprint density at radius 2 is 1.60 bits per heavy atom. The summed E-state index contributed by atoms with van der Waals surface area (Å²) in [6.45, 7) is 4.80. The number of benzene rings is 2. The van der Waals surface area contributed by atoms with Crippen LogP contribution in [0.25, 0.3) is 22.2 Å². The molecule has 9 rings (SSSR count). The van der Waals surface area contributed by atoms with Crippen LogP contribution in [-0.2, 0) is 52.2 Å². The molecule has 2 saturated heterocycles. The second kappa shape index (κ2) is 17.6. The van der Waals surface area contributed by atoms with E-state index in [0.717, 1.165) is 72.5 Å². The van der Waals surface area contributed by atoms with Crippen molar-refractivity contribution >= 4 is 46.2 Å². The molecular formula is C46H54F2N10O5. The van der Waals surface area contributed by atoms with Gasteiger partial charge in [-0.2, -0.15) is 19.9 Å². The van der Waals surface area contributed by atoms with Crippen molar-refractivity contribution in [3.8, 4) is 11.1 Å². The number of alkyl halides is 2. The number of piperidine rings is 2. The molecule has 0 radical (unpaired) electrons. The molecular weight excluding hydrogens is 811 g/mol. The first-order chi connectivity index (χ1) is 30.5. The lowest BCUT2D eigenvalue weighted by molar-refractivity contribution is -0.133. The third kappa shape index (κ3) is 8.06. The Bertz CT molecular complexity index is 2620. The summed E-state index contributed by atoms with van der Waals surface area (Å²) < 4.78 is 36.0. The molecule has 0 atom stereocenters. The van der Waals surface area contributed by atoms with Crippen molar-refractivity contribution in [2.75, 3.05) is 36.1 Å². The third-order valence-electron chi connectivity index (χ3n) is 13.3. The van der Waals surface area contributed by atoms with E-state index in [1.807, 2.05) is 28.0 Å². The van der Waals surface area contributed by atoms with Crippen molar-refractivity contribution in [1.82, 2.24) is 38.6 Å². The van der Waals surface area contributed by atoms with Crippen LogP contribution in [0, 0.1) is 0 Å². The smallest absolute Gasteiger partial charge is 0.343 e. The quantitative estimate of drug-likeness (QED) is 0.105. The summed E-state index contributed by atoms with van der Waals surface area (Å²) in [5.41, 5.74) is 5.61. The molecule has 4 aliphatic heterocycles. The minimum Gasteiger partial charge on any atom is -0.343 e. The van der Waals surface area contributed by atoms with Crippen molar-refractivity contribution in [2.45, 2.75) is 116 Å². The summed E-state index contributed by atoms with van der Waals surface area (Å²) in [4.78, 5) is 70.9. The van der Waals surface area contributed by atoms with Gasteiger partial charge in [-0.15, -0.1) is 0 Å². The zero-order valence-electron chi connectivity index (χ0n) is 36.0. The fourth-order valence-corrected chi connectivity index (χ4v) is 10.1. The molecule has 0 N–H and O–H groups in total. The number of rotatable bonds is 12. The highest BCUT2D eigenvalue weighted by Gasteiger charge is 2.36. The van der Waals surface area contributed by atoms with Crippen LogP contribution in [-0.4, -0.2) is 88.4 Å². The number of imidazole rings is 1. The Balaban J connectivity index is 0.837. The van der Waals surface area contributed by atoms with E-state index in [0.29, 0.717) is 92.9 Å². The van der Waals surface area contributed by atoms with Crippen molar-refractivity contribution in [2.24, 2.45) is 7.05 Å². The maximum atomic E-state index is 14.7. The molecule has 15 nitrogen and oxygen atoms in total. The van der Waals surface area contributed by atoms with E-state index in [1.165, 1.54) is 4.68 Å². The van der Waals surface area contributed by atoms with Gasteiger partial charge in [-0.1, -0.05) is 25.0 Å². The van der Waals surface area contributed by atoms with Crippen LogP contribution in [0.5, 0.6) is 0 Å². The van der Waals surface area contributed by atoms with Gasteiger partial charge < -0.3 is 14.7 Å². The number of para-hydroxylation sites is 2. The van der Waals surface area contributed by atoms with Crippen LogP contribution in [0.15, 0.2) is 53.6 Å². The Labute approximate surface area is 363 Å². The number of carbonyl (C=O) groups excluding carboxylic acids is 4. The van der Waals surface area contributed by atoms with E-state index in [4.69, 9.17) is 5.10 Å². The number of fused-ring (bicyclic) bond motifs is 3. The van der Waals surface area contributed by atoms with Crippen LogP contribution in [0.4, 0.5) is 20.3 Å². The first-order valence-electron chi connectivity index (χ1n) is 22.4. The molecule has 332 valence electrons. The summed E-state index contributed by atoms with van der Waals surface area (Å²) in [5, 5.41) is 10.5. The maximum Gasteiger partial charge on any atom is 0.348 e. The number of anilines is 2. The fraction of sp³-hybridized carbons (Fsp3) is 0.500. The van der Waals surface area contributed by atoms with Gasteiger partial charge in [0, 0.05) is 107 Å². The second-order valence-electron chi connectivity index (χ2n) is 17.4. The lowest BCUT2D eigenvalue weighted by Gasteiger charge is -2.34. The number of amides is 4. The standard InChI is InChI=1S/C46H54F2N10O5/c1-30(59)53-24-19-37-36(29-53)45(54-21-10-11-31-25-34(32-27-49-51(2)28-32)35(44(47)48)26-40(31)54)50-56(37)33-17-22-52(23-18-33)41(60)14-5-3-4-8-20-55-38-12-6-7-13-39(38)57(46(55)63)58-42(61)15-9-16-43(58)62/h6-7,12-13,25-28,33,44H,3-5,8-11,14-24,29H2,1-2H3. The lowest BCUT2D eigenvalue weighted by Crippen LogP contribution is -2.52. The Morgan fingerprint density at radius 1 is 0.857 bits per heavy atom. The molecule has 0 saturated carbocycles. The first kappa shape index (κ1) is 42.2. The number of likely N-dealkylation sites (tertiary alicyclic amines) is 1. The Kier molecular flexibility index (Phi) is 11.8. The van der Waals surface area contributed by atoms with E-state index in [9.17, 15) is 32.8 Å². The molecule has 4 amide bonds. The molecule has 0 unspecified atom stereocenters. The van der Waals surface area contributed by atoms with Gasteiger partial charge in [0.1, 0.15) is 0 Å². The number of hydrogen-bond acceptors (Lipinski definition) is 8. The molecule has 0 aliphatic carbocycles. The molecule has 4 aliphatic rings. The Hall–Kier alpha value is -6.13. The van der Waals surface area contributed by atoms with Gasteiger partial charge >= 0.3 is 5.69 Å². The number of halogens is 2. The van der Waals surface area contributed by atoms with E-state index in [2.05, 4.69) is 14.7 Å². The third-order valence-corrected chi connectivity index (χ3v) is 13.3. The zero-order valence-corrected chi connectivity index (χ0v) is 36.0. The summed E-state index contributed by atoms with van der Waals surface area (Å²) in [5.74, 6) is 0.0806. The maximum absolute atomic E-state index is 14.7. The van der Waals surface area contributed by atoms with Crippen molar-refractivity contribution < 1.29 is 28.0 Å². The largest absolute Gasteiger partial charge is 0.348 e. The predicted molar refractivity (Wildman–Crippen MR) is 232 cm³/mol. The van der Waals surface area contributed by atoms with Crippen molar-refractivity contribution in [1.29, 1.82) is 0 Å². The molecule has 5 aromatic rings. The van der Waals surface area contributed by atoms with Crippen molar-refractivity contribution in [3.05, 3.63) is 81.7 Å². The average Bonchev–Trinajstić information content (AvgIpc) is 3.97. The summed E-state index contributed by atoms with van der Waals surface area (Å²) in [6, 6.07) is 10.8. The van der Waals surface area contributed by atoms with Crippen molar-refractivity contribution in [3.63, 3.8) is 0 Å². The molecule has 0 bridgehead atoms. The van der Waals surface area contributed by atoms with Gasteiger partial charge in [0.05, 0.1) is 29.8 Å². The first-order valence-corrected chi connectivity index (χ1v) is 22.4. The fourth-order valence-electron chi connectivity index (χ4n) is 10.1. The molecule has 2 fully saturated rings. The Morgan fingerprint density at radius 3 is 2.32 bits per heavy atom. The number of imide groups is 1. The number of nitrogens with zero attached hydrogens (tertiary/aromatic N) is 10. The van der Waals surface area contributed by atoms with Gasteiger partial charge in [-0.25, -0.2) is 13.6 Å². The van der Waals surface area contributed by atoms with Gasteiger partial charge in [-0.3, -0.25) is 33.1 Å². The van der Waals surface area contributed by atoms with Crippen LogP contribution in [0.2, 0.25) is 0 Å². The van der Waals surface area contributed by atoms with E-state index in [1.54, 1.807) is 53.8 Å². The molecule has 3 aromatic heterocycles. The average molecular weight is 865 g/mol. The lowest BCUT2D eigenvalue weighted by atomic mass is 9.92. The predicted octanol–water partition coefficient (Wildman–Crippen LogP) is 6.32. The molecule has 2 aromatic carbocycles. The second-order valence-corrected chi connectivity index (χ2v) is 17.4.